The molecule has 0 spiro atoms. The van der Waals surface area contributed by atoms with E-state index >= 15 is 0 Å². The molecule has 0 saturated carbocycles. The first-order chi connectivity index (χ1) is 38.0. The largest absolute Gasteiger partial charge is 0.462 e. The highest BCUT2D eigenvalue weighted by atomic mass is 16.6. The molecule has 0 aromatic rings. The first-order valence-electron chi connectivity index (χ1n) is 33.1. The minimum Gasteiger partial charge on any atom is -0.462 e. The molecular weight excluding hydrogens is 949 g/mol. The van der Waals surface area contributed by atoms with Crippen LogP contribution in [0.3, 0.4) is 0 Å². The number of rotatable bonds is 60. The van der Waals surface area contributed by atoms with E-state index in [0.29, 0.717) is 19.3 Å². The van der Waals surface area contributed by atoms with Gasteiger partial charge in [-0.15, -0.1) is 0 Å². The Labute approximate surface area is 477 Å². The van der Waals surface area contributed by atoms with E-state index < -0.39 is 6.10 Å². The van der Waals surface area contributed by atoms with Gasteiger partial charge in [-0.1, -0.05) is 318 Å². The highest BCUT2D eigenvalue weighted by Gasteiger charge is 2.19. The van der Waals surface area contributed by atoms with Crippen molar-refractivity contribution in [2.24, 2.45) is 0 Å². The molecule has 0 heterocycles. The van der Waals surface area contributed by atoms with E-state index in [9.17, 15) is 14.4 Å². The SMILES string of the molecule is CC/C=C\C/C=C\C/C=C\C/C=C\C/C=C\C/C=C\C/C=C\CCCCCCCCCC(=O)OCC(COC(=O)CCCCCCCCCCCCCCCC)OC(=O)CCCCCCCCCCCCCCCCCC. The Morgan fingerprint density at radius 1 is 0.273 bits per heavy atom. The van der Waals surface area contributed by atoms with Crippen molar-refractivity contribution >= 4 is 17.9 Å². The number of esters is 3. The highest BCUT2D eigenvalue weighted by molar-refractivity contribution is 5.71. The number of ether oxygens (including phenoxy) is 3. The normalized spacial score (nSPS) is 12.6. The quantitative estimate of drug-likeness (QED) is 0.0261. The second-order valence-corrected chi connectivity index (χ2v) is 22.0. The minimum atomic E-state index is -0.778. The lowest BCUT2D eigenvalue weighted by atomic mass is 10.0. The number of unbranched alkanes of at least 4 members (excludes halogenated alkanes) is 35. The molecule has 0 aliphatic rings. The standard InChI is InChI=1S/C71H124O6/c1-4-7-10-13-16-19-22-25-28-30-31-32-33-34-35-36-37-38-39-40-41-42-44-46-49-52-55-58-61-64-70(73)76-67-68(66-75-69(72)63-60-57-54-51-48-45-27-24-21-18-15-12-9-6-3)77-71(74)65-62-59-56-53-50-47-43-29-26-23-20-17-14-11-8-5-2/h7,10,16,19,25,28,31-32,34-35,37-38,40-41,68H,4-6,8-9,11-15,17-18,20-24,26-27,29-30,33,36,39,42-67H2,1-3H3/b10-7-,19-16-,28-25-,32-31-,35-34-,38-37-,41-40-. The van der Waals surface area contributed by atoms with Gasteiger partial charge in [0.2, 0.25) is 0 Å². The van der Waals surface area contributed by atoms with Crippen molar-refractivity contribution in [2.75, 3.05) is 13.2 Å². The number of allylic oxidation sites excluding steroid dienone is 14. The van der Waals surface area contributed by atoms with Gasteiger partial charge in [-0.3, -0.25) is 14.4 Å². The van der Waals surface area contributed by atoms with Gasteiger partial charge < -0.3 is 14.2 Å². The molecule has 1 unspecified atom stereocenters. The van der Waals surface area contributed by atoms with Gasteiger partial charge in [0.15, 0.2) is 6.10 Å². The Hall–Kier alpha value is -3.41. The van der Waals surface area contributed by atoms with Gasteiger partial charge in [-0.2, -0.15) is 0 Å². The first-order valence-corrected chi connectivity index (χ1v) is 33.1. The predicted molar refractivity (Wildman–Crippen MR) is 334 cm³/mol. The van der Waals surface area contributed by atoms with E-state index in [1.165, 1.54) is 180 Å². The number of carbonyl (C=O) groups excluding carboxylic acids is 3. The first kappa shape index (κ1) is 73.6. The third-order valence-electron chi connectivity index (χ3n) is 14.4. The summed E-state index contributed by atoms with van der Waals surface area (Å²) >= 11 is 0. The minimum absolute atomic E-state index is 0.0747. The van der Waals surface area contributed by atoms with Crippen LogP contribution < -0.4 is 0 Å². The molecular formula is C71H124O6. The Morgan fingerprint density at radius 2 is 0.506 bits per heavy atom. The maximum Gasteiger partial charge on any atom is 0.306 e. The van der Waals surface area contributed by atoms with Crippen molar-refractivity contribution in [3.05, 3.63) is 85.1 Å². The van der Waals surface area contributed by atoms with Crippen molar-refractivity contribution in [2.45, 2.75) is 335 Å². The third kappa shape index (κ3) is 63.3. The van der Waals surface area contributed by atoms with Crippen LogP contribution in [0.2, 0.25) is 0 Å². The van der Waals surface area contributed by atoms with Crippen LogP contribution in [0.15, 0.2) is 85.1 Å². The average molecular weight is 1070 g/mol. The zero-order valence-corrected chi connectivity index (χ0v) is 51.0. The van der Waals surface area contributed by atoms with E-state index in [0.717, 1.165) is 109 Å². The lowest BCUT2D eigenvalue weighted by Gasteiger charge is -2.18. The van der Waals surface area contributed by atoms with E-state index in [4.69, 9.17) is 14.2 Å². The zero-order chi connectivity index (χ0) is 55.7. The molecule has 6 heteroatoms. The summed E-state index contributed by atoms with van der Waals surface area (Å²) in [6.45, 7) is 6.56. The topological polar surface area (TPSA) is 78.9 Å². The van der Waals surface area contributed by atoms with Gasteiger partial charge in [0, 0.05) is 19.3 Å². The molecule has 0 aliphatic heterocycles. The summed E-state index contributed by atoms with van der Waals surface area (Å²) in [4.78, 5) is 38.3. The fourth-order valence-electron chi connectivity index (χ4n) is 9.48. The van der Waals surface area contributed by atoms with Crippen LogP contribution in [-0.2, 0) is 28.6 Å². The van der Waals surface area contributed by atoms with E-state index in [-0.39, 0.29) is 31.1 Å². The van der Waals surface area contributed by atoms with E-state index in [1.807, 2.05) is 0 Å². The Kier molecular flexibility index (Phi) is 62.2. The molecule has 0 radical (unpaired) electrons. The van der Waals surface area contributed by atoms with Crippen LogP contribution in [0.25, 0.3) is 0 Å². The monoisotopic (exact) mass is 1070 g/mol. The van der Waals surface area contributed by atoms with E-state index in [2.05, 4.69) is 106 Å². The van der Waals surface area contributed by atoms with Gasteiger partial charge in [-0.25, -0.2) is 0 Å². The third-order valence-corrected chi connectivity index (χ3v) is 14.4. The average Bonchev–Trinajstić information content (AvgIpc) is 3.43. The lowest BCUT2D eigenvalue weighted by molar-refractivity contribution is -0.167. The summed E-state index contributed by atoms with van der Waals surface area (Å²) in [5.41, 5.74) is 0. The van der Waals surface area contributed by atoms with Crippen molar-refractivity contribution in [3.63, 3.8) is 0 Å². The van der Waals surface area contributed by atoms with Crippen LogP contribution in [0.4, 0.5) is 0 Å². The number of hydrogen-bond donors (Lipinski definition) is 0. The molecule has 77 heavy (non-hydrogen) atoms. The van der Waals surface area contributed by atoms with Crippen LogP contribution in [0, 0.1) is 0 Å². The van der Waals surface area contributed by atoms with Crippen molar-refractivity contribution in [3.8, 4) is 0 Å². The fraction of sp³-hybridized carbons (Fsp3) is 0.761. The molecule has 0 amide bonds. The predicted octanol–water partition coefficient (Wildman–Crippen LogP) is 22.7. The molecule has 0 N–H and O–H groups in total. The zero-order valence-electron chi connectivity index (χ0n) is 51.0. The molecule has 444 valence electrons. The molecule has 0 fully saturated rings. The Balaban J connectivity index is 4.30. The molecule has 0 aromatic heterocycles. The molecule has 0 aliphatic carbocycles. The van der Waals surface area contributed by atoms with Gasteiger partial charge in [0.1, 0.15) is 13.2 Å². The maximum absolute atomic E-state index is 12.9. The Bertz CT molecular complexity index is 1470. The second-order valence-electron chi connectivity index (χ2n) is 22.0. The van der Waals surface area contributed by atoms with Crippen LogP contribution in [0.1, 0.15) is 329 Å². The fourth-order valence-corrected chi connectivity index (χ4v) is 9.48. The summed E-state index contributed by atoms with van der Waals surface area (Å²) in [5, 5.41) is 0. The molecule has 0 saturated heterocycles. The van der Waals surface area contributed by atoms with Crippen molar-refractivity contribution in [1.82, 2.24) is 0 Å². The summed E-state index contributed by atoms with van der Waals surface area (Å²) < 4.78 is 16.9. The maximum atomic E-state index is 12.9. The van der Waals surface area contributed by atoms with Gasteiger partial charge in [0.25, 0.3) is 0 Å². The molecule has 0 aromatic carbocycles. The van der Waals surface area contributed by atoms with Gasteiger partial charge >= 0.3 is 17.9 Å². The summed E-state index contributed by atoms with van der Waals surface area (Å²) in [5.74, 6) is -0.868. The van der Waals surface area contributed by atoms with Crippen LogP contribution in [-0.4, -0.2) is 37.2 Å². The number of hydrogen-bond acceptors (Lipinski definition) is 6. The van der Waals surface area contributed by atoms with E-state index in [1.54, 1.807) is 0 Å². The van der Waals surface area contributed by atoms with Crippen LogP contribution in [0.5, 0.6) is 0 Å². The van der Waals surface area contributed by atoms with Crippen LogP contribution >= 0.6 is 0 Å². The smallest absolute Gasteiger partial charge is 0.306 e. The summed E-state index contributed by atoms with van der Waals surface area (Å²) in [6.07, 6.45) is 85.9. The van der Waals surface area contributed by atoms with Gasteiger partial charge in [0.05, 0.1) is 0 Å². The second kappa shape index (κ2) is 65.1. The summed E-state index contributed by atoms with van der Waals surface area (Å²) in [7, 11) is 0. The Morgan fingerprint density at radius 3 is 0.792 bits per heavy atom. The summed E-state index contributed by atoms with van der Waals surface area (Å²) in [6, 6.07) is 0. The highest BCUT2D eigenvalue weighted by Crippen LogP contribution is 2.17. The molecule has 1 atom stereocenters. The lowest BCUT2D eigenvalue weighted by Crippen LogP contribution is -2.30. The van der Waals surface area contributed by atoms with Crippen molar-refractivity contribution in [1.29, 1.82) is 0 Å². The van der Waals surface area contributed by atoms with Gasteiger partial charge in [-0.05, 0) is 77.0 Å². The molecule has 0 bridgehead atoms. The van der Waals surface area contributed by atoms with Crippen molar-refractivity contribution < 1.29 is 28.6 Å². The molecule has 0 rings (SSSR count). The number of carbonyl (C=O) groups is 3. The molecule has 6 nitrogen and oxygen atoms in total.